The van der Waals surface area contributed by atoms with Gasteiger partial charge in [0, 0.05) is 31.8 Å². The van der Waals surface area contributed by atoms with Crippen molar-refractivity contribution in [1.82, 2.24) is 10.2 Å². The molecule has 3 atom stereocenters. The van der Waals surface area contributed by atoms with Crippen LogP contribution < -0.4 is 5.32 Å². The zero-order chi connectivity index (χ0) is 15.5. The lowest BCUT2D eigenvalue weighted by molar-refractivity contribution is -0.164. The van der Waals surface area contributed by atoms with E-state index in [1.165, 1.54) is 0 Å². The molecule has 0 aromatic rings. The first kappa shape index (κ1) is 16.5. The lowest BCUT2D eigenvalue weighted by atomic mass is 9.88. The molecule has 0 spiro atoms. The Morgan fingerprint density at radius 3 is 2.67 bits per heavy atom. The van der Waals surface area contributed by atoms with Crippen LogP contribution in [0.3, 0.4) is 0 Å². The molecule has 3 unspecified atom stereocenters. The van der Waals surface area contributed by atoms with Crippen molar-refractivity contribution >= 4 is 5.91 Å². The summed E-state index contributed by atoms with van der Waals surface area (Å²) >= 11 is 0. The van der Waals surface area contributed by atoms with Crippen molar-refractivity contribution in [1.29, 1.82) is 0 Å². The predicted octanol–water partition coefficient (Wildman–Crippen LogP) is 1.94. The van der Waals surface area contributed by atoms with Crippen molar-refractivity contribution in [3.8, 4) is 0 Å². The first-order valence-electron chi connectivity index (χ1n) is 7.60. The quantitative estimate of drug-likeness (QED) is 0.731. The molecule has 21 heavy (non-hydrogen) atoms. The molecule has 1 N–H and O–H groups in total. The number of nitrogens with one attached hydrogen (secondary N) is 1. The molecular weight excluding hydrogens is 285 g/mol. The molecule has 2 saturated heterocycles. The minimum atomic E-state index is -4.35. The van der Waals surface area contributed by atoms with Crippen LogP contribution in [-0.2, 0) is 9.53 Å². The van der Waals surface area contributed by atoms with E-state index in [2.05, 4.69) is 5.32 Å². The Bertz CT molecular complexity index is 363. The van der Waals surface area contributed by atoms with Crippen LogP contribution in [0.25, 0.3) is 0 Å². The van der Waals surface area contributed by atoms with Gasteiger partial charge in [-0.25, -0.2) is 0 Å². The molecule has 2 aliphatic rings. The molecule has 0 aromatic heterocycles. The fourth-order valence-corrected chi connectivity index (χ4v) is 3.32. The average molecular weight is 308 g/mol. The van der Waals surface area contributed by atoms with E-state index in [4.69, 9.17) is 4.74 Å². The monoisotopic (exact) mass is 308 g/mol. The summed E-state index contributed by atoms with van der Waals surface area (Å²) in [5.41, 5.74) is 0. The maximum atomic E-state index is 12.7. The molecule has 122 valence electrons. The van der Waals surface area contributed by atoms with Gasteiger partial charge in [0.25, 0.3) is 0 Å². The summed E-state index contributed by atoms with van der Waals surface area (Å²) in [5, 5.41) is 3.30. The third kappa shape index (κ3) is 4.57. The van der Waals surface area contributed by atoms with Crippen molar-refractivity contribution in [2.75, 3.05) is 26.3 Å². The summed E-state index contributed by atoms with van der Waals surface area (Å²) in [7, 11) is 0. The third-order valence-corrected chi connectivity index (χ3v) is 4.22. The van der Waals surface area contributed by atoms with Gasteiger partial charge < -0.3 is 15.0 Å². The number of rotatable bonds is 7. The van der Waals surface area contributed by atoms with Crippen LogP contribution in [0.1, 0.15) is 32.6 Å². The van der Waals surface area contributed by atoms with Gasteiger partial charge in [0.15, 0.2) is 0 Å². The lowest BCUT2D eigenvalue weighted by Gasteiger charge is -2.29. The Balaban J connectivity index is 1.91. The van der Waals surface area contributed by atoms with Crippen molar-refractivity contribution < 1.29 is 22.7 Å². The van der Waals surface area contributed by atoms with E-state index >= 15 is 0 Å². The van der Waals surface area contributed by atoms with Gasteiger partial charge in [-0.2, -0.15) is 13.2 Å². The van der Waals surface area contributed by atoms with Crippen LogP contribution in [0.5, 0.6) is 0 Å². The molecule has 0 aliphatic carbocycles. The number of amides is 1. The second-order valence-corrected chi connectivity index (χ2v) is 5.82. The first-order chi connectivity index (χ1) is 9.90. The van der Waals surface area contributed by atoms with Crippen LogP contribution in [0, 0.1) is 5.92 Å². The Morgan fingerprint density at radius 1 is 1.38 bits per heavy atom. The standard InChI is InChI=1S/C14H23F3N2O2/c1-2-21-7-3-6-19(9-14(15,16)17)13(20)11-8-10-4-5-12(11)18-10/h10-12,18H,2-9H2,1H3. The predicted molar refractivity (Wildman–Crippen MR) is 71.8 cm³/mol. The van der Waals surface area contributed by atoms with Gasteiger partial charge in [-0.1, -0.05) is 0 Å². The van der Waals surface area contributed by atoms with Crippen molar-refractivity contribution in [2.24, 2.45) is 5.92 Å². The van der Waals surface area contributed by atoms with Crippen LogP contribution >= 0.6 is 0 Å². The maximum Gasteiger partial charge on any atom is 0.406 e. The van der Waals surface area contributed by atoms with E-state index in [1.807, 2.05) is 6.92 Å². The van der Waals surface area contributed by atoms with Crippen LogP contribution in [-0.4, -0.2) is 55.4 Å². The topological polar surface area (TPSA) is 41.6 Å². The fraction of sp³-hybridized carbons (Fsp3) is 0.929. The second-order valence-electron chi connectivity index (χ2n) is 5.82. The highest BCUT2D eigenvalue weighted by atomic mass is 19.4. The lowest BCUT2D eigenvalue weighted by Crippen LogP contribution is -2.45. The molecule has 0 radical (unpaired) electrons. The van der Waals surface area contributed by atoms with Gasteiger partial charge in [-0.05, 0) is 32.6 Å². The van der Waals surface area contributed by atoms with E-state index in [9.17, 15) is 18.0 Å². The summed E-state index contributed by atoms with van der Waals surface area (Å²) in [6.45, 7) is 1.69. The Hall–Kier alpha value is -0.820. The molecule has 7 heteroatoms. The highest BCUT2D eigenvalue weighted by Gasteiger charge is 2.45. The number of alkyl halides is 3. The fourth-order valence-electron chi connectivity index (χ4n) is 3.32. The van der Waals surface area contributed by atoms with E-state index in [0.717, 1.165) is 17.7 Å². The second kappa shape index (κ2) is 6.96. The third-order valence-electron chi connectivity index (χ3n) is 4.22. The Morgan fingerprint density at radius 2 is 2.14 bits per heavy atom. The molecule has 4 nitrogen and oxygen atoms in total. The molecule has 2 aliphatic heterocycles. The van der Waals surface area contributed by atoms with Gasteiger partial charge >= 0.3 is 6.18 Å². The number of halogens is 3. The van der Waals surface area contributed by atoms with Crippen molar-refractivity contribution in [2.45, 2.75) is 50.9 Å². The number of nitrogens with zero attached hydrogens (tertiary/aromatic N) is 1. The average Bonchev–Trinajstić information content (AvgIpc) is 3.02. The van der Waals surface area contributed by atoms with Gasteiger partial charge in [0.1, 0.15) is 6.54 Å². The Kier molecular flexibility index (Phi) is 5.48. The summed E-state index contributed by atoms with van der Waals surface area (Å²) in [6.07, 6.45) is -1.34. The molecule has 2 bridgehead atoms. The number of fused-ring (bicyclic) bond motifs is 2. The smallest absolute Gasteiger partial charge is 0.382 e. The van der Waals surface area contributed by atoms with Gasteiger partial charge in [0.2, 0.25) is 5.91 Å². The highest BCUT2D eigenvalue weighted by Crippen LogP contribution is 2.34. The van der Waals surface area contributed by atoms with E-state index in [0.29, 0.717) is 32.1 Å². The molecule has 2 heterocycles. The number of carbonyl (C=O) groups is 1. The zero-order valence-corrected chi connectivity index (χ0v) is 12.3. The van der Waals surface area contributed by atoms with Crippen molar-refractivity contribution in [3.63, 3.8) is 0 Å². The maximum absolute atomic E-state index is 12.7. The largest absolute Gasteiger partial charge is 0.406 e. The molecule has 0 saturated carbocycles. The zero-order valence-electron chi connectivity index (χ0n) is 12.3. The SMILES string of the molecule is CCOCCCN(CC(F)(F)F)C(=O)C1CC2CCC1N2. The minimum absolute atomic E-state index is 0.0603. The molecule has 2 fully saturated rings. The van der Waals surface area contributed by atoms with E-state index in [1.54, 1.807) is 0 Å². The molecule has 0 aromatic carbocycles. The normalized spacial score (nSPS) is 28.1. The van der Waals surface area contributed by atoms with Gasteiger partial charge in [-0.3, -0.25) is 4.79 Å². The van der Waals surface area contributed by atoms with Crippen LogP contribution in [0.15, 0.2) is 0 Å². The Labute approximate surface area is 123 Å². The van der Waals surface area contributed by atoms with Crippen molar-refractivity contribution in [3.05, 3.63) is 0 Å². The van der Waals surface area contributed by atoms with Crippen LogP contribution in [0.2, 0.25) is 0 Å². The van der Waals surface area contributed by atoms with Gasteiger partial charge in [0.05, 0.1) is 5.92 Å². The number of carbonyl (C=O) groups excluding carboxylic acids is 1. The highest BCUT2D eigenvalue weighted by molar-refractivity contribution is 5.80. The number of hydrogen-bond acceptors (Lipinski definition) is 3. The molecule has 2 rings (SSSR count). The first-order valence-corrected chi connectivity index (χ1v) is 7.60. The molecular formula is C14H23F3N2O2. The van der Waals surface area contributed by atoms with E-state index < -0.39 is 12.7 Å². The van der Waals surface area contributed by atoms with Gasteiger partial charge in [-0.15, -0.1) is 0 Å². The van der Waals surface area contributed by atoms with E-state index in [-0.39, 0.29) is 24.4 Å². The number of hydrogen-bond donors (Lipinski definition) is 1. The number of ether oxygens (including phenoxy) is 1. The van der Waals surface area contributed by atoms with Crippen LogP contribution in [0.4, 0.5) is 13.2 Å². The molecule has 1 amide bonds. The summed E-state index contributed by atoms with van der Waals surface area (Å²) < 4.78 is 43.2. The summed E-state index contributed by atoms with van der Waals surface area (Å²) in [4.78, 5) is 13.4. The summed E-state index contributed by atoms with van der Waals surface area (Å²) in [5.74, 6) is -0.651. The summed E-state index contributed by atoms with van der Waals surface area (Å²) in [6, 6.07) is 0.366. The minimum Gasteiger partial charge on any atom is -0.382 e.